The Kier molecular flexibility index (Phi) is 6.21. The van der Waals surface area contributed by atoms with E-state index in [2.05, 4.69) is 20.6 Å². The van der Waals surface area contributed by atoms with Crippen molar-refractivity contribution in [2.24, 2.45) is 0 Å². The fourth-order valence-electron chi connectivity index (χ4n) is 3.26. The minimum atomic E-state index is -0.514. The number of halogens is 2. The van der Waals surface area contributed by atoms with E-state index in [4.69, 9.17) is 22.4 Å². The Hall–Kier alpha value is -3.98. The molecule has 0 atom stereocenters. The fraction of sp³-hybridized carbons (Fsp3) is 0.167. The first-order chi connectivity index (χ1) is 16.1. The Bertz CT molecular complexity index is 1360. The zero-order valence-corrected chi connectivity index (χ0v) is 19.6. The summed E-state index contributed by atoms with van der Waals surface area (Å²) in [5, 5.41) is 10.3. The van der Waals surface area contributed by atoms with Gasteiger partial charge in [0.15, 0.2) is 0 Å². The Morgan fingerprint density at radius 1 is 1.12 bits per heavy atom. The van der Waals surface area contributed by atoms with Gasteiger partial charge in [-0.05, 0) is 62.7 Å². The third-order valence-electron chi connectivity index (χ3n) is 4.93. The number of nitrogens with two attached hydrogens (primary N) is 1. The van der Waals surface area contributed by atoms with Crippen molar-refractivity contribution < 1.29 is 9.18 Å². The van der Waals surface area contributed by atoms with Crippen molar-refractivity contribution in [1.82, 2.24) is 19.7 Å². The molecule has 0 saturated heterocycles. The van der Waals surface area contributed by atoms with Crippen molar-refractivity contribution in [3.63, 3.8) is 0 Å². The van der Waals surface area contributed by atoms with Crippen LogP contribution in [0.5, 0.6) is 0 Å². The fourth-order valence-corrected chi connectivity index (χ4v) is 3.48. The number of anilines is 3. The molecule has 34 heavy (non-hydrogen) atoms. The van der Waals surface area contributed by atoms with Crippen LogP contribution in [0.15, 0.2) is 60.9 Å². The number of amides is 2. The van der Waals surface area contributed by atoms with E-state index in [1.807, 2.05) is 49.8 Å². The molecule has 8 nitrogen and oxygen atoms in total. The molecule has 4 aromatic rings. The van der Waals surface area contributed by atoms with E-state index in [-0.39, 0.29) is 16.5 Å². The van der Waals surface area contributed by atoms with Crippen LogP contribution in [0.1, 0.15) is 20.8 Å². The Morgan fingerprint density at radius 2 is 1.91 bits per heavy atom. The summed E-state index contributed by atoms with van der Waals surface area (Å²) in [7, 11) is 0. The average molecular weight is 480 g/mol. The zero-order chi connectivity index (χ0) is 24.5. The largest absolute Gasteiger partial charge is 0.368 e. The summed E-state index contributed by atoms with van der Waals surface area (Å²) >= 11 is 6.00. The molecular formula is C24H23ClFN7O. The highest BCUT2D eigenvalue weighted by atomic mass is 35.5. The summed E-state index contributed by atoms with van der Waals surface area (Å²) in [6, 6.07) is 12.3. The Morgan fingerprint density at radius 3 is 2.62 bits per heavy atom. The van der Waals surface area contributed by atoms with Gasteiger partial charge in [0.1, 0.15) is 11.5 Å². The minimum absolute atomic E-state index is 0.104. The molecule has 4 rings (SSSR count). The number of hydrogen-bond acceptors (Lipinski definition) is 5. The lowest BCUT2D eigenvalue weighted by atomic mass is 10.0. The summed E-state index contributed by atoms with van der Waals surface area (Å²) < 4.78 is 15.1. The molecule has 0 aliphatic heterocycles. The normalized spacial score (nSPS) is 11.3. The molecule has 174 valence electrons. The maximum absolute atomic E-state index is 13.3. The SMILES string of the molecule is CC(C)(C)n1cc(-c2cccc(NC(=O)Nc3ccc(F)cc3Cl)c2)c(-c2ccnc(N)n2)n1. The molecule has 0 bridgehead atoms. The van der Waals surface area contributed by atoms with Crippen LogP contribution in [-0.2, 0) is 5.54 Å². The van der Waals surface area contributed by atoms with Crippen LogP contribution < -0.4 is 16.4 Å². The number of carbonyl (C=O) groups is 1. The maximum Gasteiger partial charge on any atom is 0.323 e. The lowest BCUT2D eigenvalue weighted by Gasteiger charge is -2.18. The van der Waals surface area contributed by atoms with E-state index in [1.54, 1.807) is 18.3 Å². The van der Waals surface area contributed by atoms with E-state index in [1.165, 1.54) is 12.1 Å². The number of nitrogens with zero attached hydrogens (tertiary/aromatic N) is 4. The lowest BCUT2D eigenvalue weighted by molar-refractivity contribution is 0.262. The number of benzene rings is 2. The summed E-state index contributed by atoms with van der Waals surface area (Å²) in [5.74, 6) is -0.332. The molecule has 0 fully saturated rings. The van der Waals surface area contributed by atoms with Crippen molar-refractivity contribution in [3.8, 4) is 22.5 Å². The quantitative estimate of drug-likeness (QED) is 0.343. The number of carbonyl (C=O) groups excluding carboxylic acids is 1. The molecule has 0 aliphatic rings. The number of rotatable bonds is 4. The van der Waals surface area contributed by atoms with Crippen LogP contribution in [0.25, 0.3) is 22.5 Å². The van der Waals surface area contributed by atoms with Crippen molar-refractivity contribution in [2.75, 3.05) is 16.4 Å². The van der Waals surface area contributed by atoms with Gasteiger partial charge in [-0.2, -0.15) is 5.10 Å². The first-order valence-corrected chi connectivity index (χ1v) is 10.8. The highest BCUT2D eigenvalue weighted by Crippen LogP contribution is 2.33. The number of nitrogens with one attached hydrogen (secondary N) is 2. The van der Waals surface area contributed by atoms with Gasteiger partial charge in [0.25, 0.3) is 0 Å². The molecule has 2 aromatic heterocycles. The van der Waals surface area contributed by atoms with Crippen LogP contribution >= 0.6 is 11.6 Å². The van der Waals surface area contributed by atoms with E-state index >= 15 is 0 Å². The standard InChI is InChI=1S/C24H23ClFN7O/c1-24(2,3)33-13-17(21(32-33)20-9-10-28-22(27)30-20)14-5-4-6-16(11-14)29-23(34)31-19-8-7-15(26)12-18(19)25/h4-13H,1-3H3,(H2,27,28,30)(H2,29,31,34). The van der Waals surface area contributed by atoms with Crippen molar-refractivity contribution in [3.05, 3.63) is 71.8 Å². The molecule has 0 unspecified atom stereocenters. The number of urea groups is 1. The second-order valence-corrected chi connectivity index (χ2v) is 9.00. The first-order valence-electron chi connectivity index (χ1n) is 10.4. The summed E-state index contributed by atoms with van der Waals surface area (Å²) in [6.45, 7) is 6.14. The summed E-state index contributed by atoms with van der Waals surface area (Å²) in [5.41, 5.74) is 9.24. The Labute approximate surface area is 201 Å². The molecule has 0 saturated carbocycles. The van der Waals surface area contributed by atoms with Crippen LogP contribution in [0.2, 0.25) is 5.02 Å². The van der Waals surface area contributed by atoms with Gasteiger partial charge >= 0.3 is 6.03 Å². The summed E-state index contributed by atoms with van der Waals surface area (Å²) in [4.78, 5) is 20.8. The van der Waals surface area contributed by atoms with Gasteiger partial charge in [0.2, 0.25) is 5.95 Å². The van der Waals surface area contributed by atoms with Gasteiger partial charge in [0, 0.05) is 23.6 Å². The molecule has 0 radical (unpaired) electrons. The van der Waals surface area contributed by atoms with Crippen molar-refractivity contribution in [1.29, 1.82) is 0 Å². The van der Waals surface area contributed by atoms with Crippen molar-refractivity contribution >= 4 is 35.0 Å². The predicted molar refractivity (Wildman–Crippen MR) is 132 cm³/mol. The molecule has 4 N–H and O–H groups in total. The molecule has 2 amide bonds. The van der Waals surface area contributed by atoms with Gasteiger partial charge < -0.3 is 16.4 Å². The number of nitrogen functional groups attached to an aromatic ring is 1. The molecule has 2 aromatic carbocycles. The maximum atomic E-state index is 13.3. The van der Waals surface area contributed by atoms with Gasteiger partial charge in [0.05, 0.1) is 21.9 Å². The van der Waals surface area contributed by atoms with Crippen LogP contribution in [0, 0.1) is 5.82 Å². The third-order valence-corrected chi connectivity index (χ3v) is 5.24. The van der Waals surface area contributed by atoms with Gasteiger partial charge in [-0.25, -0.2) is 19.2 Å². The van der Waals surface area contributed by atoms with E-state index < -0.39 is 11.8 Å². The van der Waals surface area contributed by atoms with Crippen LogP contribution in [-0.4, -0.2) is 25.8 Å². The molecule has 2 heterocycles. The molecular weight excluding hydrogens is 457 g/mol. The van der Waals surface area contributed by atoms with Gasteiger partial charge in [-0.15, -0.1) is 0 Å². The highest BCUT2D eigenvalue weighted by Gasteiger charge is 2.21. The lowest BCUT2D eigenvalue weighted by Crippen LogP contribution is -2.22. The predicted octanol–water partition coefficient (Wildman–Crippen LogP) is 5.78. The Balaban J connectivity index is 1.65. The van der Waals surface area contributed by atoms with Gasteiger partial charge in [-0.1, -0.05) is 23.7 Å². The van der Waals surface area contributed by atoms with E-state index in [9.17, 15) is 9.18 Å². The molecule has 0 aliphatic carbocycles. The highest BCUT2D eigenvalue weighted by molar-refractivity contribution is 6.33. The second-order valence-electron chi connectivity index (χ2n) is 8.59. The topological polar surface area (TPSA) is 111 Å². The van der Waals surface area contributed by atoms with Gasteiger partial charge in [-0.3, -0.25) is 4.68 Å². The zero-order valence-electron chi connectivity index (χ0n) is 18.8. The van der Waals surface area contributed by atoms with E-state index in [0.29, 0.717) is 22.8 Å². The summed E-state index contributed by atoms with van der Waals surface area (Å²) in [6.07, 6.45) is 3.52. The monoisotopic (exact) mass is 479 g/mol. The molecule has 0 spiro atoms. The van der Waals surface area contributed by atoms with Crippen LogP contribution in [0.3, 0.4) is 0 Å². The van der Waals surface area contributed by atoms with Crippen molar-refractivity contribution in [2.45, 2.75) is 26.3 Å². The van der Waals surface area contributed by atoms with E-state index in [0.717, 1.165) is 17.2 Å². The minimum Gasteiger partial charge on any atom is -0.368 e. The number of aromatic nitrogens is 4. The second kappa shape index (κ2) is 9.11. The smallest absolute Gasteiger partial charge is 0.323 e. The van der Waals surface area contributed by atoms with Crippen LogP contribution in [0.4, 0.5) is 26.5 Å². The third kappa shape index (κ3) is 5.15. The number of hydrogen-bond donors (Lipinski definition) is 3. The first kappa shape index (κ1) is 23.2. The molecule has 10 heteroatoms. The average Bonchev–Trinajstić information content (AvgIpc) is 3.22.